The van der Waals surface area contributed by atoms with E-state index in [4.69, 9.17) is 4.74 Å². The fourth-order valence-corrected chi connectivity index (χ4v) is 3.67. The first-order chi connectivity index (χ1) is 9.67. The van der Waals surface area contributed by atoms with E-state index in [-0.39, 0.29) is 18.2 Å². The van der Waals surface area contributed by atoms with E-state index >= 15 is 0 Å². The summed E-state index contributed by atoms with van der Waals surface area (Å²) in [5.74, 6) is 0.495. The van der Waals surface area contributed by atoms with Crippen LogP contribution in [0.5, 0.6) is 5.75 Å². The van der Waals surface area contributed by atoms with E-state index in [0.717, 1.165) is 25.0 Å². The topological polar surface area (TPSA) is 67.4 Å². The third-order valence-corrected chi connectivity index (χ3v) is 4.72. The number of hydrogen-bond donors (Lipinski definition) is 2. The molecule has 0 saturated heterocycles. The van der Waals surface area contributed by atoms with Crippen molar-refractivity contribution in [2.45, 2.75) is 32.1 Å². The van der Waals surface area contributed by atoms with E-state index in [2.05, 4.69) is 10.6 Å². The van der Waals surface area contributed by atoms with E-state index in [1.165, 1.54) is 28.2 Å². The predicted octanol–water partition coefficient (Wildman–Crippen LogP) is 1.50. The summed E-state index contributed by atoms with van der Waals surface area (Å²) in [6, 6.07) is 0. The Morgan fingerprint density at radius 1 is 1.30 bits per heavy atom. The van der Waals surface area contributed by atoms with Gasteiger partial charge in [-0.2, -0.15) is 0 Å². The lowest BCUT2D eigenvalue weighted by molar-refractivity contribution is -0.120. The Balaban J connectivity index is 2.06. The van der Waals surface area contributed by atoms with Gasteiger partial charge in [-0.05, 0) is 25.7 Å². The zero-order valence-electron chi connectivity index (χ0n) is 11.9. The van der Waals surface area contributed by atoms with Crippen LogP contribution in [-0.4, -0.2) is 32.5 Å². The second-order valence-corrected chi connectivity index (χ2v) is 5.86. The van der Waals surface area contributed by atoms with Crippen LogP contribution in [0.2, 0.25) is 0 Å². The zero-order chi connectivity index (χ0) is 14.5. The number of methoxy groups -OCH3 is 1. The number of carbonyl (C=O) groups excluding carboxylic acids is 2. The predicted molar refractivity (Wildman–Crippen MR) is 78.5 cm³/mol. The Morgan fingerprint density at radius 2 is 2.05 bits per heavy atom. The van der Waals surface area contributed by atoms with Gasteiger partial charge in [0.1, 0.15) is 10.6 Å². The molecule has 0 bridgehead atoms. The molecule has 1 aliphatic carbocycles. The molecule has 1 aliphatic rings. The molecule has 2 rings (SSSR count). The van der Waals surface area contributed by atoms with Gasteiger partial charge in [0.15, 0.2) is 0 Å². The second kappa shape index (κ2) is 6.74. The van der Waals surface area contributed by atoms with Crippen LogP contribution in [0.3, 0.4) is 0 Å². The van der Waals surface area contributed by atoms with Crippen LogP contribution in [0.25, 0.3) is 0 Å². The number of nitrogens with one attached hydrogen (secondary N) is 2. The van der Waals surface area contributed by atoms with Crippen LogP contribution in [0.4, 0.5) is 0 Å². The molecule has 0 unspecified atom stereocenters. The van der Waals surface area contributed by atoms with E-state index in [1.807, 2.05) is 0 Å². The highest BCUT2D eigenvalue weighted by molar-refractivity contribution is 7.14. The Morgan fingerprint density at radius 3 is 2.75 bits per heavy atom. The highest BCUT2D eigenvalue weighted by atomic mass is 32.1. The summed E-state index contributed by atoms with van der Waals surface area (Å²) >= 11 is 1.52. The van der Waals surface area contributed by atoms with Crippen molar-refractivity contribution < 1.29 is 14.3 Å². The maximum absolute atomic E-state index is 12.2. The normalized spacial score (nSPS) is 13.5. The molecule has 0 atom stereocenters. The van der Waals surface area contributed by atoms with Crippen LogP contribution >= 0.6 is 11.3 Å². The Labute approximate surface area is 122 Å². The molecule has 1 aromatic rings. The minimum absolute atomic E-state index is 0.0808. The maximum atomic E-state index is 12.2. The van der Waals surface area contributed by atoms with Crippen LogP contribution in [0.15, 0.2) is 0 Å². The lowest BCUT2D eigenvalue weighted by atomic mass is 9.98. The summed E-state index contributed by atoms with van der Waals surface area (Å²) < 4.78 is 5.42. The van der Waals surface area contributed by atoms with Gasteiger partial charge in [0, 0.05) is 30.5 Å². The monoisotopic (exact) mass is 296 g/mol. The highest BCUT2D eigenvalue weighted by Gasteiger charge is 2.25. The van der Waals surface area contributed by atoms with E-state index in [0.29, 0.717) is 11.4 Å². The first kappa shape index (κ1) is 14.8. The van der Waals surface area contributed by atoms with Gasteiger partial charge in [0.2, 0.25) is 5.91 Å². The Kier molecular flexibility index (Phi) is 5.00. The molecule has 2 amide bonds. The first-order valence-electron chi connectivity index (χ1n) is 6.84. The summed E-state index contributed by atoms with van der Waals surface area (Å²) in [7, 11) is 3.19. The molecule has 0 fully saturated rings. The van der Waals surface area contributed by atoms with Crippen molar-refractivity contribution in [3.8, 4) is 5.75 Å². The van der Waals surface area contributed by atoms with Crippen molar-refractivity contribution in [3.63, 3.8) is 0 Å². The number of rotatable bonds is 5. The SMILES string of the molecule is CNC(=O)CCNC(=O)c1sc2c(c1OC)CCCC2. The second-order valence-electron chi connectivity index (χ2n) is 4.75. The van der Waals surface area contributed by atoms with Gasteiger partial charge in [-0.15, -0.1) is 11.3 Å². The standard InChI is InChI=1S/C14H20N2O3S/c1-15-11(17)7-8-16-14(18)13-12(19-2)9-5-3-4-6-10(9)20-13/h3-8H2,1-2H3,(H,15,17)(H,16,18). The van der Waals surface area contributed by atoms with Crippen molar-refractivity contribution in [2.24, 2.45) is 0 Å². The van der Waals surface area contributed by atoms with Crippen molar-refractivity contribution in [3.05, 3.63) is 15.3 Å². The average Bonchev–Trinajstić information content (AvgIpc) is 2.85. The molecular weight excluding hydrogens is 276 g/mol. The third-order valence-electron chi connectivity index (χ3n) is 3.45. The molecule has 0 aromatic carbocycles. The Bertz CT molecular complexity index is 511. The molecule has 0 saturated carbocycles. The van der Waals surface area contributed by atoms with Crippen molar-refractivity contribution in [1.29, 1.82) is 0 Å². The first-order valence-corrected chi connectivity index (χ1v) is 7.66. The van der Waals surface area contributed by atoms with Gasteiger partial charge in [-0.1, -0.05) is 0 Å². The lowest BCUT2D eigenvalue weighted by Gasteiger charge is -2.11. The number of carbonyl (C=O) groups is 2. The van der Waals surface area contributed by atoms with Gasteiger partial charge in [-0.3, -0.25) is 9.59 Å². The molecule has 2 N–H and O–H groups in total. The largest absolute Gasteiger partial charge is 0.495 e. The molecule has 1 heterocycles. The van der Waals surface area contributed by atoms with Crippen LogP contribution in [0.1, 0.15) is 39.4 Å². The number of hydrogen-bond acceptors (Lipinski definition) is 4. The summed E-state index contributed by atoms with van der Waals surface area (Å²) in [6.45, 7) is 0.338. The number of fused-ring (bicyclic) bond motifs is 1. The fourth-order valence-electron chi connectivity index (χ4n) is 2.40. The lowest BCUT2D eigenvalue weighted by Crippen LogP contribution is -2.28. The molecule has 20 heavy (non-hydrogen) atoms. The fraction of sp³-hybridized carbons (Fsp3) is 0.571. The Hall–Kier alpha value is -1.56. The van der Waals surface area contributed by atoms with E-state index in [1.54, 1.807) is 14.2 Å². The number of amides is 2. The number of ether oxygens (including phenoxy) is 1. The smallest absolute Gasteiger partial charge is 0.265 e. The van der Waals surface area contributed by atoms with Gasteiger partial charge >= 0.3 is 0 Å². The van der Waals surface area contributed by atoms with Crippen LogP contribution in [0, 0.1) is 0 Å². The zero-order valence-corrected chi connectivity index (χ0v) is 12.7. The summed E-state index contributed by atoms with van der Waals surface area (Å²) in [6.07, 6.45) is 4.63. The summed E-state index contributed by atoms with van der Waals surface area (Å²) in [4.78, 5) is 25.2. The van der Waals surface area contributed by atoms with Gasteiger partial charge in [-0.25, -0.2) is 0 Å². The quantitative estimate of drug-likeness (QED) is 0.865. The average molecular weight is 296 g/mol. The molecule has 110 valence electrons. The van der Waals surface area contributed by atoms with Gasteiger partial charge in [0.25, 0.3) is 5.91 Å². The third kappa shape index (κ3) is 3.12. The molecule has 6 heteroatoms. The maximum Gasteiger partial charge on any atom is 0.265 e. The molecule has 0 spiro atoms. The van der Waals surface area contributed by atoms with E-state index in [9.17, 15) is 9.59 Å². The van der Waals surface area contributed by atoms with Gasteiger partial charge in [0.05, 0.1) is 7.11 Å². The van der Waals surface area contributed by atoms with Crippen molar-refractivity contribution >= 4 is 23.2 Å². The minimum Gasteiger partial charge on any atom is -0.495 e. The minimum atomic E-state index is -0.148. The number of aryl methyl sites for hydroxylation is 1. The molecule has 1 aromatic heterocycles. The number of thiophene rings is 1. The highest BCUT2D eigenvalue weighted by Crippen LogP contribution is 2.39. The summed E-state index contributed by atoms with van der Waals surface area (Å²) in [5.41, 5.74) is 1.19. The van der Waals surface area contributed by atoms with Crippen molar-refractivity contribution in [2.75, 3.05) is 20.7 Å². The molecule has 0 radical (unpaired) electrons. The van der Waals surface area contributed by atoms with Crippen LogP contribution < -0.4 is 15.4 Å². The van der Waals surface area contributed by atoms with Crippen LogP contribution in [-0.2, 0) is 17.6 Å². The molecule has 5 nitrogen and oxygen atoms in total. The van der Waals surface area contributed by atoms with E-state index < -0.39 is 0 Å². The molecular formula is C14H20N2O3S. The summed E-state index contributed by atoms with van der Waals surface area (Å²) in [5, 5.41) is 5.31. The molecule has 0 aliphatic heterocycles. The van der Waals surface area contributed by atoms with Crippen molar-refractivity contribution in [1.82, 2.24) is 10.6 Å². The van der Waals surface area contributed by atoms with Gasteiger partial charge < -0.3 is 15.4 Å².